The number of carboxylic acids is 1. The van der Waals surface area contributed by atoms with Gasteiger partial charge < -0.3 is 9.84 Å². The molecule has 0 unspecified atom stereocenters. The molecule has 0 heterocycles. The first-order chi connectivity index (χ1) is 9.15. The second kappa shape index (κ2) is 8.59. The third-order valence-electron chi connectivity index (χ3n) is 2.65. The van der Waals surface area contributed by atoms with Gasteiger partial charge in [-0.05, 0) is 18.6 Å². The van der Waals surface area contributed by atoms with Gasteiger partial charge in [0.1, 0.15) is 5.75 Å². The highest BCUT2D eigenvalue weighted by molar-refractivity contribution is 6.32. The van der Waals surface area contributed by atoms with Crippen LogP contribution in [0.25, 0.3) is 6.08 Å². The van der Waals surface area contributed by atoms with Gasteiger partial charge in [0.05, 0.1) is 11.6 Å². The molecule has 0 bridgehead atoms. The normalized spacial score (nSPS) is 10.8. The van der Waals surface area contributed by atoms with E-state index in [9.17, 15) is 4.79 Å². The number of carboxylic acid groups (broad SMARTS) is 1. The van der Waals surface area contributed by atoms with Gasteiger partial charge in [-0.2, -0.15) is 0 Å². The van der Waals surface area contributed by atoms with Crippen molar-refractivity contribution in [2.24, 2.45) is 0 Å². The highest BCUT2D eigenvalue weighted by Crippen LogP contribution is 2.29. The second-order valence-electron chi connectivity index (χ2n) is 4.24. The maximum absolute atomic E-state index is 10.5. The van der Waals surface area contributed by atoms with Gasteiger partial charge in [-0.15, -0.1) is 0 Å². The summed E-state index contributed by atoms with van der Waals surface area (Å²) in [6.07, 6.45) is 7.05. The zero-order chi connectivity index (χ0) is 14.1. The molecule has 0 radical (unpaired) electrons. The number of unbranched alkanes of at least 4 members (excludes halogenated alkanes) is 3. The molecule has 0 saturated heterocycles. The molecule has 1 aromatic rings. The Morgan fingerprint density at radius 1 is 1.37 bits per heavy atom. The summed E-state index contributed by atoms with van der Waals surface area (Å²) in [5, 5.41) is 9.15. The molecule has 0 aromatic heterocycles. The van der Waals surface area contributed by atoms with E-state index in [1.807, 2.05) is 0 Å². The lowest BCUT2D eigenvalue weighted by Crippen LogP contribution is -1.99. The molecule has 0 atom stereocenters. The van der Waals surface area contributed by atoms with Gasteiger partial charge in [-0.3, -0.25) is 0 Å². The standard InChI is InChI=1S/C15H19ClO3/c1-2-3-4-5-11-19-15-12(9-10-14(17)18)7-6-8-13(15)16/h6-10H,2-5,11H2,1H3,(H,17,18)/b10-9+. The Kier molecular flexibility index (Phi) is 7.04. The molecule has 0 saturated carbocycles. The Bertz CT molecular complexity index is 441. The molecular formula is C15H19ClO3. The summed E-state index contributed by atoms with van der Waals surface area (Å²) < 4.78 is 5.67. The monoisotopic (exact) mass is 282 g/mol. The van der Waals surface area contributed by atoms with E-state index in [1.54, 1.807) is 18.2 Å². The molecule has 19 heavy (non-hydrogen) atoms. The lowest BCUT2D eigenvalue weighted by Gasteiger charge is -2.10. The fraction of sp³-hybridized carbons (Fsp3) is 0.400. The summed E-state index contributed by atoms with van der Waals surface area (Å²) in [6, 6.07) is 5.29. The number of aliphatic carboxylic acids is 1. The molecule has 1 rings (SSSR count). The van der Waals surface area contributed by atoms with Gasteiger partial charge in [0.15, 0.2) is 0 Å². The SMILES string of the molecule is CCCCCCOc1c(Cl)cccc1/C=C/C(=O)O. The number of carbonyl (C=O) groups is 1. The van der Waals surface area contributed by atoms with Crippen LogP contribution in [0.5, 0.6) is 5.75 Å². The molecule has 0 aliphatic carbocycles. The van der Waals surface area contributed by atoms with Crippen LogP contribution in [0.2, 0.25) is 5.02 Å². The van der Waals surface area contributed by atoms with Crippen molar-refractivity contribution in [2.75, 3.05) is 6.61 Å². The molecule has 0 spiro atoms. The number of benzene rings is 1. The van der Waals surface area contributed by atoms with Gasteiger partial charge in [0.25, 0.3) is 0 Å². The third kappa shape index (κ3) is 5.79. The number of para-hydroxylation sites is 1. The minimum atomic E-state index is -0.992. The van der Waals surface area contributed by atoms with Gasteiger partial charge in [0.2, 0.25) is 0 Å². The molecule has 0 aliphatic heterocycles. The van der Waals surface area contributed by atoms with Crippen LogP contribution in [0, 0.1) is 0 Å². The number of hydrogen-bond donors (Lipinski definition) is 1. The van der Waals surface area contributed by atoms with Crippen LogP contribution in [0.4, 0.5) is 0 Å². The highest BCUT2D eigenvalue weighted by Gasteiger charge is 2.06. The van der Waals surface area contributed by atoms with Crippen LogP contribution >= 0.6 is 11.6 Å². The predicted octanol–water partition coefficient (Wildman–Crippen LogP) is 4.40. The topological polar surface area (TPSA) is 46.5 Å². The maximum Gasteiger partial charge on any atom is 0.328 e. The van der Waals surface area contributed by atoms with Crippen molar-refractivity contribution < 1.29 is 14.6 Å². The lowest BCUT2D eigenvalue weighted by molar-refractivity contribution is -0.131. The van der Waals surface area contributed by atoms with Crippen molar-refractivity contribution in [1.82, 2.24) is 0 Å². The van der Waals surface area contributed by atoms with E-state index in [2.05, 4.69) is 6.92 Å². The smallest absolute Gasteiger partial charge is 0.328 e. The molecule has 3 nitrogen and oxygen atoms in total. The zero-order valence-electron chi connectivity index (χ0n) is 11.1. The third-order valence-corrected chi connectivity index (χ3v) is 2.94. The molecule has 0 amide bonds. The summed E-state index contributed by atoms with van der Waals surface area (Å²) in [6.45, 7) is 2.75. The van der Waals surface area contributed by atoms with E-state index in [0.29, 0.717) is 22.9 Å². The zero-order valence-corrected chi connectivity index (χ0v) is 11.8. The summed E-state index contributed by atoms with van der Waals surface area (Å²) in [5.41, 5.74) is 0.686. The quantitative estimate of drug-likeness (QED) is 0.568. The number of rotatable bonds is 8. The summed E-state index contributed by atoms with van der Waals surface area (Å²) in [5.74, 6) is -0.438. The molecule has 0 fully saturated rings. The van der Waals surface area contributed by atoms with E-state index < -0.39 is 5.97 Å². The first-order valence-electron chi connectivity index (χ1n) is 6.47. The van der Waals surface area contributed by atoms with Crippen molar-refractivity contribution in [1.29, 1.82) is 0 Å². The van der Waals surface area contributed by atoms with E-state index in [0.717, 1.165) is 18.9 Å². The van der Waals surface area contributed by atoms with Crippen LogP contribution in [-0.4, -0.2) is 17.7 Å². The maximum atomic E-state index is 10.5. The molecule has 0 aliphatic rings. The van der Waals surface area contributed by atoms with E-state index in [4.69, 9.17) is 21.4 Å². The van der Waals surface area contributed by atoms with E-state index >= 15 is 0 Å². The molecular weight excluding hydrogens is 264 g/mol. The average molecular weight is 283 g/mol. The van der Waals surface area contributed by atoms with E-state index in [-0.39, 0.29) is 0 Å². The Morgan fingerprint density at radius 3 is 2.84 bits per heavy atom. The number of halogens is 1. The Morgan fingerprint density at radius 2 is 2.16 bits per heavy atom. The van der Waals surface area contributed by atoms with Crippen molar-refractivity contribution in [3.05, 3.63) is 34.9 Å². The molecule has 1 N–H and O–H groups in total. The van der Waals surface area contributed by atoms with Crippen LogP contribution < -0.4 is 4.74 Å². The highest BCUT2D eigenvalue weighted by atomic mass is 35.5. The summed E-state index contributed by atoms with van der Waals surface area (Å²) >= 11 is 6.08. The van der Waals surface area contributed by atoms with Crippen LogP contribution in [-0.2, 0) is 4.79 Å². The van der Waals surface area contributed by atoms with Gasteiger partial charge in [0, 0.05) is 11.6 Å². The van der Waals surface area contributed by atoms with Crippen molar-refractivity contribution >= 4 is 23.6 Å². The van der Waals surface area contributed by atoms with Crippen molar-refractivity contribution in [2.45, 2.75) is 32.6 Å². The van der Waals surface area contributed by atoms with Crippen molar-refractivity contribution in [3.8, 4) is 5.75 Å². The largest absolute Gasteiger partial charge is 0.491 e. The predicted molar refractivity (Wildman–Crippen MR) is 77.8 cm³/mol. The Labute approximate surface area is 118 Å². The molecule has 4 heteroatoms. The first-order valence-corrected chi connectivity index (χ1v) is 6.85. The minimum absolute atomic E-state index is 0.503. The van der Waals surface area contributed by atoms with Gasteiger partial charge >= 0.3 is 5.97 Å². The summed E-state index contributed by atoms with van der Waals surface area (Å²) in [7, 11) is 0. The molecule has 104 valence electrons. The number of hydrogen-bond acceptors (Lipinski definition) is 2. The second-order valence-corrected chi connectivity index (χ2v) is 4.65. The van der Waals surface area contributed by atoms with Crippen LogP contribution in [0.1, 0.15) is 38.2 Å². The van der Waals surface area contributed by atoms with Crippen molar-refractivity contribution in [3.63, 3.8) is 0 Å². The first kappa shape index (κ1) is 15.6. The van der Waals surface area contributed by atoms with E-state index in [1.165, 1.54) is 18.9 Å². The molecule has 1 aromatic carbocycles. The van der Waals surface area contributed by atoms with Crippen LogP contribution in [0.15, 0.2) is 24.3 Å². The Balaban J connectivity index is 2.66. The van der Waals surface area contributed by atoms with Gasteiger partial charge in [-0.25, -0.2) is 4.79 Å². The average Bonchev–Trinajstić information content (AvgIpc) is 2.38. The van der Waals surface area contributed by atoms with Gasteiger partial charge in [-0.1, -0.05) is 49.9 Å². The Hall–Kier alpha value is -1.48. The lowest BCUT2D eigenvalue weighted by atomic mass is 10.2. The fourth-order valence-corrected chi connectivity index (χ4v) is 1.91. The number of ether oxygens (including phenoxy) is 1. The minimum Gasteiger partial charge on any atom is -0.491 e. The summed E-state index contributed by atoms with van der Waals surface area (Å²) in [4.78, 5) is 10.5. The van der Waals surface area contributed by atoms with Crippen LogP contribution in [0.3, 0.4) is 0 Å². The fourth-order valence-electron chi connectivity index (χ4n) is 1.67.